The number of carbonyl (C=O) groups excluding carboxylic acids is 2. The van der Waals surface area contributed by atoms with Crippen molar-refractivity contribution in [1.82, 2.24) is 0 Å². The molecule has 0 unspecified atom stereocenters. The second-order valence-corrected chi connectivity index (χ2v) is 6.49. The number of rotatable bonds is 4. The van der Waals surface area contributed by atoms with Gasteiger partial charge in [0.25, 0.3) is 0 Å². The first-order valence-corrected chi connectivity index (χ1v) is 8.33. The third-order valence-electron chi connectivity index (χ3n) is 4.97. The van der Waals surface area contributed by atoms with E-state index in [4.69, 9.17) is 0 Å². The van der Waals surface area contributed by atoms with Crippen molar-refractivity contribution < 1.29 is 9.59 Å². The Morgan fingerprint density at radius 3 is 1.21 bits per heavy atom. The molecule has 0 aromatic rings. The number of ketones is 2. The van der Waals surface area contributed by atoms with Gasteiger partial charge in [-0.3, -0.25) is 9.59 Å². The Morgan fingerprint density at radius 1 is 0.579 bits per heavy atom. The van der Waals surface area contributed by atoms with E-state index in [1.54, 1.807) is 0 Å². The zero-order chi connectivity index (χ0) is 13.5. The largest absolute Gasteiger partial charge is 0.299 e. The molecule has 2 fully saturated rings. The van der Waals surface area contributed by atoms with Crippen molar-refractivity contribution in [3.63, 3.8) is 0 Å². The molecule has 19 heavy (non-hydrogen) atoms. The normalized spacial score (nSPS) is 23.6. The van der Waals surface area contributed by atoms with Crippen LogP contribution >= 0.6 is 0 Å². The van der Waals surface area contributed by atoms with Crippen LogP contribution in [0.3, 0.4) is 0 Å². The van der Waals surface area contributed by atoms with Crippen LogP contribution in [-0.4, -0.2) is 11.6 Å². The van der Waals surface area contributed by atoms with Crippen LogP contribution in [0.2, 0.25) is 0 Å². The summed E-state index contributed by atoms with van der Waals surface area (Å²) in [4.78, 5) is 24.5. The van der Waals surface area contributed by atoms with E-state index >= 15 is 0 Å². The van der Waals surface area contributed by atoms with Gasteiger partial charge in [-0.1, -0.05) is 51.4 Å². The van der Waals surface area contributed by atoms with Gasteiger partial charge in [-0.25, -0.2) is 0 Å². The fourth-order valence-electron chi connectivity index (χ4n) is 3.66. The lowest BCUT2D eigenvalue weighted by Crippen LogP contribution is -2.22. The van der Waals surface area contributed by atoms with Crippen molar-refractivity contribution in [3.8, 4) is 0 Å². The summed E-state index contributed by atoms with van der Waals surface area (Å²) in [5, 5.41) is 0. The van der Waals surface area contributed by atoms with Crippen molar-refractivity contribution in [2.45, 2.75) is 83.5 Å². The summed E-state index contributed by atoms with van der Waals surface area (Å²) in [5.74, 6) is 0.877. The van der Waals surface area contributed by atoms with E-state index in [1.807, 2.05) is 0 Å². The van der Waals surface area contributed by atoms with Crippen LogP contribution in [0.15, 0.2) is 0 Å². The van der Waals surface area contributed by atoms with Crippen LogP contribution in [-0.2, 0) is 9.59 Å². The topological polar surface area (TPSA) is 34.1 Å². The van der Waals surface area contributed by atoms with Crippen LogP contribution in [0.4, 0.5) is 0 Å². The van der Waals surface area contributed by atoms with Crippen molar-refractivity contribution in [3.05, 3.63) is 0 Å². The number of Topliss-reactive ketones (excluding diaryl/α,β-unsaturated/α-hetero) is 2. The molecule has 0 radical (unpaired) electrons. The number of hydrogen-bond acceptors (Lipinski definition) is 2. The maximum atomic E-state index is 12.3. The lowest BCUT2D eigenvalue weighted by atomic mass is 9.87. The highest BCUT2D eigenvalue weighted by Crippen LogP contribution is 2.28. The molecular weight excluding hydrogens is 236 g/mol. The Kier molecular flexibility index (Phi) is 6.06. The Balaban J connectivity index is 1.81. The molecule has 2 rings (SSSR count). The van der Waals surface area contributed by atoms with Crippen LogP contribution in [0, 0.1) is 11.8 Å². The third-order valence-corrected chi connectivity index (χ3v) is 4.97. The molecule has 108 valence electrons. The molecule has 0 atom stereocenters. The molecule has 0 aromatic heterocycles. The van der Waals surface area contributed by atoms with Crippen LogP contribution in [0.1, 0.15) is 83.5 Å². The second-order valence-electron chi connectivity index (χ2n) is 6.49. The Bertz CT molecular complexity index is 262. The monoisotopic (exact) mass is 264 g/mol. The Labute approximate surface area is 117 Å². The molecule has 0 heterocycles. The van der Waals surface area contributed by atoms with Gasteiger partial charge in [0.2, 0.25) is 0 Å². The molecule has 0 amide bonds. The zero-order valence-corrected chi connectivity index (χ0v) is 12.2. The number of hydrogen-bond donors (Lipinski definition) is 0. The van der Waals surface area contributed by atoms with Gasteiger partial charge in [0.15, 0.2) is 0 Å². The van der Waals surface area contributed by atoms with E-state index in [9.17, 15) is 9.59 Å². The SMILES string of the molecule is O=C(CC(=O)C1CCCCCC1)C1CCCCCC1. The molecule has 0 aromatic carbocycles. The Morgan fingerprint density at radius 2 is 0.895 bits per heavy atom. The molecule has 2 nitrogen and oxygen atoms in total. The minimum absolute atomic E-state index is 0.192. The fraction of sp³-hybridized carbons (Fsp3) is 0.882. The molecule has 0 saturated heterocycles. The lowest BCUT2D eigenvalue weighted by Gasteiger charge is -2.16. The van der Waals surface area contributed by atoms with Crippen molar-refractivity contribution >= 4 is 11.6 Å². The predicted octanol–water partition coefficient (Wildman–Crippen LogP) is 4.46. The average molecular weight is 264 g/mol. The van der Waals surface area contributed by atoms with Crippen molar-refractivity contribution in [2.24, 2.45) is 11.8 Å². The van der Waals surface area contributed by atoms with Crippen molar-refractivity contribution in [1.29, 1.82) is 0 Å². The Hall–Kier alpha value is -0.660. The highest BCUT2D eigenvalue weighted by Gasteiger charge is 2.26. The van der Waals surface area contributed by atoms with E-state index in [0.29, 0.717) is 0 Å². The van der Waals surface area contributed by atoms with Gasteiger partial charge >= 0.3 is 0 Å². The third kappa shape index (κ3) is 4.74. The second kappa shape index (κ2) is 7.81. The molecule has 2 aliphatic rings. The molecule has 0 aliphatic heterocycles. The van der Waals surface area contributed by atoms with E-state index in [2.05, 4.69) is 0 Å². The van der Waals surface area contributed by atoms with E-state index in [1.165, 1.54) is 51.4 Å². The summed E-state index contributed by atoms with van der Waals surface area (Å²) < 4.78 is 0. The van der Waals surface area contributed by atoms with Gasteiger partial charge in [0, 0.05) is 11.8 Å². The van der Waals surface area contributed by atoms with Gasteiger partial charge in [-0.2, -0.15) is 0 Å². The van der Waals surface area contributed by atoms with Crippen molar-refractivity contribution in [2.75, 3.05) is 0 Å². The van der Waals surface area contributed by atoms with Gasteiger partial charge < -0.3 is 0 Å². The van der Waals surface area contributed by atoms with Gasteiger partial charge in [-0.05, 0) is 25.7 Å². The van der Waals surface area contributed by atoms with Gasteiger partial charge in [-0.15, -0.1) is 0 Å². The maximum absolute atomic E-state index is 12.3. The molecule has 2 saturated carbocycles. The first kappa shape index (κ1) is 14.7. The first-order chi connectivity index (χ1) is 9.27. The molecule has 0 N–H and O–H groups in total. The summed E-state index contributed by atoms with van der Waals surface area (Å²) in [7, 11) is 0. The number of carbonyl (C=O) groups is 2. The van der Waals surface area contributed by atoms with E-state index in [-0.39, 0.29) is 29.8 Å². The van der Waals surface area contributed by atoms with E-state index in [0.717, 1.165) is 25.7 Å². The van der Waals surface area contributed by atoms with E-state index < -0.39 is 0 Å². The molecule has 2 aliphatic carbocycles. The van der Waals surface area contributed by atoms with Crippen LogP contribution < -0.4 is 0 Å². The minimum atomic E-state index is 0.192. The summed E-state index contributed by atoms with van der Waals surface area (Å²) >= 11 is 0. The highest BCUT2D eigenvalue weighted by atomic mass is 16.1. The molecule has 0 bridgehead atoms. The van der Waals surface area contributed by atoms with Gasteiger partial charge in [0.05, 0.1) is 6.42 Å². The summed E-state index contributed by atoms with van der Waals surface area (Å²) in [6, 6.07) is 0. The smallest absolute Gasteiger partial charge is 0.143 e. The standard InChI is InChI=1S/C17H28O2/c18-16(14-9-5-1-2-6-10-14)13-17(19)15-11-7-3-4-8-12-15/h14-15H,1-13H2. The molecule has 0 spiro atoms. The predicted molar refractivity (Wildman–Crippen MR) is 77.0 cm³/mol. The quantitative estimate of drug-likeness (QED) is 0.555. The molecular formula is C17H28O2. The summed E-state index contributed by atoms with van der Waals surface area (Å²) in [6.45, 7) is 0. The van der Waals surface area contributed by atoms with Gasteiger partial charge in [0.1, 0.15) is 11.6 Å². The minimum Gasteiger partial charge on any atom is -0.299 e. The summed E-state index contributed by atoms with van der Waals surface area (Å²) in [5.41, 5.74) is 0. The first-order valence-electron chi connectivity index (χ1n) is 8.33. The lowest BCUT2D eigenvalue weighted by molar-refractivity contribution is -0.131. The highest BCUT2D eigenvalue weighted by molar-refractivity contribution is 6.01. The zero-order valence-electron chi connectivity index (χ0n) is 12.2. The summed E-state index contributed by atoms with van der Waals surface area (Å²) in [6.07, 6.45) is 14.1. The maximum Gasteiger partial charge on any atom is 0.143 e. The van der Waals surface area contributed by atoms with Crippen LogP contribution in [0.5, 0.6) is 0 Å². The molecule has 2 heteroatoms. The fourth-order valence-corrected chi connectivity index (χ4v) is 3.66. The van der Waals surface area contributed by atoms with Crippen LogP contribution in [0.25, 0.3) is 0 Å². The average Bonchev–Trinajstić information content (AvgIpc) is 2.83.